The van der Waals surface area contributed by atoms with Gasteiger partial charge in [-0.3, -0.25) is 9.59 Å². The predicted molar refractivity (Wildman–Crippen MR) is 156 cm³/mol. The van der Waals surface area contributed by atoms with Crippen LogP contribution in [-0.2, 0) is 0 Å². The van der Waals surface area contributed by atoms with Crippen molar-refractivity contribution in [1.82, 2.24) is 9.80 Å². The second-order valence-electron chi connectivity index (χ2n) is 11.5. The predicted octanol–water partition coefficient (Wildman–Crippen LogP) is 7.38. The second kappa shape index (κ2) is 11.5. The summed E-state index contributed by atoms with van der Waals surface area (Å²) in [5, 5.41) is 2.22. The van der Waals surface area contributed by atoms with Crippen molar-refractivity contribution in [3.8, 4) is 22.3 Å². The average molecular weight is 509 g/mol. The standard InChI is InChI=1S/C34H40N2O2/c37-32(12-8-22-35-18-3-1-4-19-35)25-14-15-26-28-10-7-11-29-27(16-17-30(34(28)29)31(26)24-25)33(38)13-9-23-36-20-5-2-6-21-36/h7,10-11,14-17,24H,1-6,8-9,12-13,18-23H2. The number of hydrogen-bond donors (Lipinski definition) is 0. The van der Waals surface area contributed by atoms with E-state index < -0.39 is 0 Å². The van der Waals surface area contributed by atoms with Gasteiger partial charge in [-0.25, -0.2) is 0 Å². The van der Waals surface area contributed by atoms with Crippen LogP contribution in [0.3, 0.4) is 0 Å². The van der Waals surface area contributed by atoms with Gasteiger partial charge >= 0.3 is 0 Å². The Balaban J connectivity index is 1.17. The molecule has 198 valence electrons. The molecule has 0 bridgehead atoms. The summed E-state index contributed by atoms with van der Waals surface area (Å²) in [4.78, 5) is 31.4. The minimum Gasteiger partial charge on any atom is -0.303 e. The molecule has 2 saturated heterocycles. The SMILES string of the molecule is O=C(CCCN1CCCCC1)c1ccc2c(c1)-c1ccc(C(=O)CCCN3CCCCC3)c3cccc-2c13. The highest BCUT2D eigenvalue weighted by molar-refractivity contribution is 6.21. The summed E-state index contributed by atoms with van der Waals surface area (Å²) in [6.07, 6.45) is 10.9. The molecule has 0 N–H and O–H groups in total. The molecule has 0 radical (unpaired) electrons. The zero-order chi connectivity index (χ0) is 25.9. The Morgan fingerprint density at radius 2 is 1.21 bits per heavy atom. The van der Waals surface area contributed by atoms with Gasteiger partial charge in [0.25, 0.3) is 0 Å². The van der Waals surface area contributed by atoms with Gasteiger partial charge in [0.05, 0.1) is 0 Å². The third-order valence-corrected chi connectivity index (χ3v) is 8.92. The van der Waals surface area contributed by atoms with E-state index in [-0.39, 0.29) is 11.6 Å². The Morgan fingerprint density at radius 3 is 1.89 bits per heavy atom. The molecule has 2 fully saturated rings. The van der Waals surface area contributed by atoms with Crippen LogP contribution in [0.4, 0.5) is 0 Å². The van der Waals surface area contributed by atoms with Crippen molar-refractivity contribution in [3.63, 3.8) is 0 Å². The summed E-state index contributed by atoms with van der Waals surface area (Å²) in [6.45, 7) is 6.76. The van der Waals surface area contributed by atoms with Gasteiger partial charge < -0.3 is 9.80 Å². The van der Waals surface area contributed by atoms with Crippen LogP contribution in [0.25, 0.3) is 33.0 Å². The van der Waals surface area contributed by atoms with Crippen LogP contribution < -0.4 is 0 Å². The zero-order valence-electron chi connectivity index (χ0n) is 22.6. The van der Waals surface area contributed by atoms with E-state index in [4.69, 9.17) is 0 Å². The Kier molecular flexibility index (Phi) is 7.71. The summed E-state index contributed by atoms with van der Waals surface area (Å²) in [5.74, 6) is 0.476. The van der Waals surface area contributed by atoms with Gasteiger partial charge in [0.15, 0.2) is 11.6 Å². The average Bonchev–Trinajstić information content (AvgIpc) is 3.29. The van der Waals surface area contributed by atoms with Crippen molar-refractivity contribution in [2.75, 3.05) is 39.3 Å². The lowest BCUT2D eigenvalue weighted by Gasteiger charge is -2.26. The van der Waals surface area contributed by atoms with Crippen LogP contribution in [0.1, 0.15) is 84.9 Å². The molecule has 2 aliphatic heterocycles. The first kappa shape index (κ1) is 25.5. The number of benzene rings is 3. The number of rotatable bonds is 10. The van der Waals surface area contributed by atoms with Gasteiger partial charge in [0.1, 0.15) is 0 Å². The molecule has 38 heavy (non-hydrogen) atoms. The van der Waals surface area contributed by atoms with E-state index in [9.17, 15) is 9.59 Å². The molecule has 3 aliphatic rings. The third-order valence-electron chi connectivity index (χ3n) is 8.92. The Morgan fingerprint density at radius 1 is 0.605 bits per heavy atom. The van der Waals surface area contributed by atoms with E-state index in [0.717, 1.165) is 53.6 Å². The van der Waals surface area contributed by atoms with Gasteiger partial charge in [0.2, 0.25) is 0 Å². The highest BCUT2D eigenvalue weighted by Gasteiger charge is 2.25. The number of nitrogens with zero attached hydrogens (tertiary/aromatic N) is 2. The minimum atomic E-state index is 0.234. The Labute approximate surface area is 227 Å². The summed E-state index contributed by atoms with van der Waals surface area (Å²) < 4.78 is 0. The number of fused-ring (bicyclic) bond motifs is 3. The molecule has 4 nitrogen and oxygen atoms in total. The van der Waals surface area contributed by atoms with Crippen LogP contribution in [0, 0.1) is 0 Å². The zero-order valence-corrected chi connectivity index (χ0v) is 22.6. The van der Waals surface area contributed by atoms with Crippen molar-refractivity contribution in [2.24, 2.45) is 0 Å². The van der Waals surface area contributed by atoms with Gasteiger partial charge in [-0.1, -0.05) is 55.3 Å². The number of piperidine rings is 2. The number of carbonyl (C=O) groups is 2. The summed E-state index contributed by atoms with van der Waals surface area (Å²) in [7, 11) is 0. The smallest absolute Gasteiger partial charge is 0.163 e. The number of Topliss-reactive ketones (excluding diaryl/α,β-unsaturated/α-hetero) is 2. The molecule has 3 aromatic rings. The molecular formula is C34H40N2O2. The molecule has 2 heterocycles. The maximum Gasteiger partial charge on any atom is 0.163 e. The molecule has 4 heteroatoms. The molecule has 6 rings (SSSR count). The number of ketones is 2. The molecular weight excluding hydrogens is 468 g/mol. The van der Waals surface area contributed by atoms with Crippen LogP contribution in [0.15, 0.2) is 48.5 Å². The lowest BCUT2D eigenvalue weighted by atomic mass is 9.94. The minimum absolute atomic E-state index is 0.234. The third kappa shape index (κ3) is 5.21. The Bertz CT molecular complexity index is 1330. The largest absolute Gasteiger partial charge is 0.303 e. The van der Waals surface area contributed by atoms with Crippen molar-refractivity contribution < 1.29 is 9.59 Å². The number of likely N-dealkylation sites (tertiary alicyclic amines) is 2. The summed E-state index contributed by atoms with van der Waals surface area (Å²) >= 11 is 0. The normalized spacial score (nSPS) is 17.6. The maximum atomic E-state index is 13.3. The van der Waals surface area contributed by atoms with Crippen molar-refractivity contribution in [1.29, 1.82) is 0 Å². The van der Waals surface area contributed by atoms with Crippen molar-refractivity contribution >= 4 is 22.3 Å². The second-order valence-corrected chi connectivity index (χ2v) is 11.5. The lowest BCUT2D eigenvalue weighted by molar-refractivity contribution is 0.0966. The molecule has 0 atom stereocenters. The van der Waals surface area contributed by atoms with Gasteiger partial charge in [-0.15, -0.1) is 0 Å². The number of carbonyl (C=O) groups excluding carboxylic acids is 2. The van der Waals surface area contributed by atoms with Crippen LogP contribution in [0.5, 0.6) is 0 Å². The molecule has 1 aliphatic carbocycles. The van der Waals surface area contributed by atoms with E-state index in [1.54, 1.807) is 0 Å². The van der Waals surface area contributed by atoms with Crippen molar-refractivity contribution in [2.45, 2.75) is 64.2 Å². The number of hydrogen-bond acceptors (Lipinski definition) is 4. The van der Waals surface area contributed by atoms with Crippen LogP contribution in [-0.4, -0.2) is 60.6 Å². The quantitative estimate of drug-likeness (QED) is 0.210. The first-order valence-corrected chi connectivity index (χ1v) is 14.9. The highest BCUT2D eigenvalue weighted by Crippen LogP contribution is 2.48. The topological polar surface area (TPSA) is 40.6 Å². The Hall–Kier alpha value is -2.82. The fourth-order valence-corrected chi connectivity index (χ4v) is 6.85. The van der Waals surface area contributed by atoms with Crippen molar-refractivity contribution in [3.05, 3.63) is 59.7 Å². The first-order chi connectivity index (χ1) is 18.7. The fourth-order valence-electron chi connectivity index (χ4n) is 6.85. The molecule has 0 amide bonds. The van der Waals surface area contributed by atoms with Crippen LogP contribution in [0.2, 0.25) is 0 Å². The first-order valence-electron chi connectivity index (χ1n) is 14.9. The van der Waals surface area contributed by atoms with E-state index in [0.29, 0.717) is 12.8 Å². The molecule has 0 unspecified atom stereocenters. The molecule has 0 aromatic heterocycles. The van der Waals surface area contributed by atoms with E-state index >= 15 is 0 Å². The maximum absolute atomic E-state index is 13.3. The lowest BCUT2D eigenvalue weighted by Crippen LogP contribution is -2.30. The van der Waals surface area contributed by atoms with Gasteiger partial charge in [-0.2, -0.15) is 0 Å². The van der Waals surface area contributed by atoms with E-state index in [2.05, 4.69) is 46.2 Å². The fraction of sp³-hybridized carbons (Fsp3) is 0.471. The summed E-state index contributed by atoms with van der Waals surface area (Å²) in [6, 6.07) is 16.7. The molecule has 3 aromatic carbocycles. The van der Waals surface area contributed by atoms with E-state index in [1.165, 1.54) is 81.2 Å². The summed E-state index contributed by atoms with van der Waals surface area (Å²) in [5.41, 5.74) is 6.28. The molecule has 0 spiro atoms. The van der Waals surface area contributed by atoms with E-state index in [1.807, 2.05) is 12.1 Å². The van der Waals surface area contributed by atoms with Gasteiger partial charge in [0, 0.05) is 24.0 Å². The molecule has 0 saturated carbocycles. The van der Waals surface area contributed by atoms with Gasteiger partial charge in [-0.05, 0) is 117 Å². The van der Waals surface area contributed by atoms with Crippen LogP contribution >= 0.6 is 0 Å². The monoisotopic (exact) mass is 508 g/mol. The highest BCUT2D eigenvalue weighted by atomic mass is 16.1.